The first-order chi connectivity index (χ1) is 14.4. The van der Waals surface area contributed by atoms with Crippen molar-refractivity contribution in [3.05, 3.63) is 59.1 Å². The molecule has 0 aliphatic carbocycles. The van der Waals surface area contributed by atoms with E-state index in [1.54, 1.807) is 48.5 Å². The number of phenols is 1. The Kier molecular flexibility index (Phi) is 5.50. The summed E-state index contributed by atoms with van der Waals surface area (Å²) in [6.07, 6.45) is 0.688. The van der Waals surface area contributed by atoms with E-state index in [1.165, 1.54) is 4.90 Å². The Labute approximate surface area is 178 Å². The molecule has 30 heavy (non-hydrogen) atoms. The van der Waals surface area contributed by atoms with Gasteiger partial charge in [-0.2, -0.15) is 0 Å². The normalized spacial score (nSPS) is 23.0. The van der Waals surface area contributed by atoms with E-state index in [0.29, 0.717) is 23.6 Å². The molecule has 0 aromatic heterocycles. The van der Waals surface area contributed by atoms with E-state index in [0.717, 1.165) is 5.56 Å². The summed E-state index contributed by atoms with van der Waals surface area (Å²) in [5.74, 6) is -0.257. The van der Waals surface area contributed by atoms with Gasteiger partial charge in [0.25, 0.3) is 0 Å². The van der Waals surface area contributed by atoms with Crippen LogP contribution in [0.15, 0.2) is 48.5 Å². The number of nitrogens with one attached hydrogen (secondary N) is 3. The molecule has 2 aliphatic rings. The summed E-state index contributed by atoms with van der Waals surface area (Å²) in [4.78, 5) is 39.3. The quantitative estimate of drug-likeness (QED) is 0.595. The van der Waals surface area contributed by atoms with Gasteiger partial charge in [0.15, 0.2) is 0 Å². The van der Waals surface area contributed by atoms with Gasteiger partial charge < -0.3 is 26.0 Å². The fourth-order valence-electron chi connectivity index (χ4n) is 3.89. The maximum atomic E-state index is 12.9. The van der Waals surface area contributed by atoms with Gasteiger partial charge in [-0.15, -0.1) is 0 Å². The number of hydrogen-bond acceptors (Lipinski definition) is 4. The number of urea groups is 1. The Bertz CT molecular complexity index is 981. The summed E-state index contributed by atoms with van der Waals surface area (Å²) in [6, 6.07) is 11.3. The van der Waals surface area contributed by atoms with Crippen molar-refractivity contribution in [2.24, 2.45) is 0 Å². The molecule has 4 rings (SSSR count). The third kappa shape index (κ3) is 4.33. The van der Waals surface area contributed by atoms with E-state index in [-0.39, 0.29) is 30.2 Å². The smallest absolute Gasteiger partial charge is 0.319 e. The van der Waals surface area contributed by atoms with E-state index < -0.39 is 18.1 Å². The zero-order valence-corrected chi connectivity index (χ0v) is 16.7. The van der Waals surface area contributed by atoms with Gasteiger partial charge in [-0.3, -0.25) is 9.59 Å². The lowest BCUT2D eigenvalue weighted by Crippen LogP contribution is -2.61. The minimum Gasteiger partial charge on any atom is -0.508 e. The number of anilines is 1. The van der Waals surface area contributed by atoms with Gasteiger partial charge in [0, 0.05) is 23.7 Å². The Hall–Kier alpha value is -3.26. The maximum absolute atomic E-state index is 12.9. The summed E-state index contributed by atoms with van der Waals surface area (Å²) in [5.41, 5.74) is 1.39. The highest BCUT2D eigenvalue weighted by Gasteiger charge is 2.46. The average molecular weight is 429 g/mol. The Morgan fingerprint density at radius 2 is 1.97 bits per heavy atom. The predicted octanol–water partition coefficient (Wildman–Crippen LogP) is 1.88. The predicted molar refractivity (Wildman–Crippen MR) is 111 cm³/mol. The minimum atomic E-state index is -0.669. The monoisotopic (exact) mass is 428 g/mol. The molecule has 0 radical (unpaired) electrons. The first kappa shape index (κ1) is 20.0. The summed E-state index contributed by atoms with van der Waals surface area (Å²) in [7, 11) is 0. The molecule has 3 atom stereocenters. The summed E-state index contributed by atoms with van der Waals surface area (Å²) in [6.45, 7) is 0.270. The number of carbonyl (C=O) groups is 3. The van der Waals surface area contributed by atoms with E-state index in [4.69, 9.17) is 11.6 Å². The molecular formula is C21H21ClN4O4. The molecule has 156 valence electrons. The van der Waals surface area contributed by atoms with Crippen LogP contribution in [-0.4, -0.2) is 52.5 Å². The first-order valence-electron chi connectivity index (χ1n) is 9.61. The van der Waals surface area contributed by atoms with Crippen molar-refractivity contribution in [2.75, 3.05) is 11.9 Å². The first-order valence-corrected chi connectivity index (χ1v) is 9.98. The SMILES string of the molecule is O=C(Nc1cccc(Cl)c1)N[C@H]1C[C@H]2C(=O)N[C@H](Cc3ccc(O)cc3)C(=O)N2C1. The minimum absolute atomic E-state index is 0.141. The fourth-order valence-corrected chi connectivity index (χ4v) is 4.08. The van der Waals surface area contributed by atoms with Crippen LogP contribution in [0, 0.1) is 0 Å². The van der Waals surface area contributed by atoms with E-state index in [1.807, 2.05) is 0 Å². The van der Waals surface area contributed by atoms with Gasteiger partial charge in [0.1, 0.15) is 17.8 Å². The Balaban J connectivity index is 1.37. The van der Waals surface area contributed by atoms with Gasteiger partial charge in [-0.1, -0.05) is 29.8 Å². The number of carbonyl (C=O) groups excluding carboxylic acids is 3. The largest absolute Gasteiger partial charge is 0.508 e. The van der Waals surface area contributed by atoms with Gasteiger partial charge in [-0.05, 0) is 42.3 Å². The summed E-state index contributed by atoms with van der Waals surface area (Å²) < 4.78 is 0. The number of rotatable bonds is 4. The molecule has 0 bridgehead atoms. The lowest BCUT2D eigenvalue weighted by molar-refractivity contribution is -0.147. The standard InChI is InChI=1S/C21H21ClN4O4/c22-13-2-1-3-14(9-13)23-21(30)24-15-10-18-19(28)25-17(20(29)26(18)11-15)8-12-4-6-16(27)7-5-12/h1-7,9,15,17-18,27H,8,10-11H2,(H,25,28)(H2,23,24,30)/t15-,17+,18-/m0/s1. The molecule has 2 heterocycles. The van der Waals surface area contributed by atoms with Crippen molar-refractivity contribution in [1.29, 1.82) is 0 Å². The maximum Gasteiger partial charge on any atom is 0.319 e. The molecule has 2 aromatic rings. The van der Waals surface area contributed by atoms with Gasteiger partial charge >= 0.3 is 6.03 Å². The second kappa shape index (κ2) is 8.23. The topological polar surface area (TPSA) is 111 Å². The molecule has 2 aliphatic heterocycles. The fraction of sp³-hybridized carbons (Fsp3) is 0.286. The van der Waals surface area contributed by atoms with Crippen molar-refractivity contribution >= 4 is 35.1 Å². The van der Waals surface area contributed by atoms with Crippen LogP contribution in [0.1, 0.15) is 12.0 Å². The van der Waals surface area contributed by atoms with Crippen LogP contribution in [0.25, 0.3) is 0 Å². The molecule has 2 aromatic carbocycles. The Morgan fingerprint density at radius 1 is 1.20 bits per heavy atom. The number of aromatic hydroxyl groups is 1. The van der Waals surface area contributed by atoms with Crippen LogP contribution in [-0.2, 0) is 16.0 Å². The number of fused-ring (bicyclic) bond motifs is 1. The number of nitrogens with zero attached hydrogens (tertiary/aromatic N) is 1. The highest BCUT2D eigenvalue weighted by Crippen LogP contribution is 2.24. The molecule has 2 fully saturated rings. The lowest BCUT2D eigenvalue weighted by Gasteiger charge is -2.34. The summed E-state index contributed by atoms with van der Waals surface area (Å²) in [5, 5.41) is 18.2. The average Bonchev–Trinajstić information content (AvgIpc) is 3.12. The van der Waals surface area contributed by atoms with Crippen molar-refractivity contribution < 1.29 is 19.5 Å². The van der Waals surface area contributed by atoms with E-state index in [2.05, 4.69) is 16.0 Å². The molecular weight excluding hydrogens is 408 g/mol. The van der Waals surface area contributed by atoms with Crippen LogP contribution in [0.4, 0.5) is 10.5 Å². The van der Waals surface area contributed by atoms with Crippen molar-refractivity contribution in [3.63, 3.8) is 0 Å². The third-order valence-electron chi connectivity index (χ3n) is 5.30. The number of hydrogen-bond donors (Lipinski definition) is 4. The van der Waals surface area contributed by atoms with Crippen LogP contribution in [0.5, 0.6) is 5.75 Å². The number of phenolic OH excluding ortho intramolecular Hbond substituents is 1. The number of amides is 4. The van der Waals surface area contributed by atoms with E-state index in [9.17, 15) is 19.5 Å². The van der Waals surface area contributed by atoms with Crippen molar-refractivity contribution in [2.45, 2.75) is 31.0 Å². The second-order valence-electron chi connectivity index (χ2n) is 7.48. The zero-order valence-electron chi connectivity index (χ0n) is 16.0. The van der Waals surface area contributed by atoms with Crippen LogP contribution in [0.3, 0.4) is 0 Å². The zero-order chi connectivity index (χ0) is 21.3. The van der Waals surface area contributed by atoms with Gasteiger partial charge in [0.05, 0.1) is 6.04 Å². The molecule has 4 N–H and O–H groups in total. The number of benzene rings is 2. The molecule has 8 nitrogen and oxygen atoms in total. The summed E-state index contributed by atoms with van der Waals surface area (Å²) >= 11 is 5.92. The number of halogens is 1. The molecule has 0 unspecified atom stereocenters. The number of piperazine rings is 1. The van der Waals surface area contributed by atoms with Crippen LogP contribution < -0.4 is 16.0 Å². The lowest BCUT2D eigenvalue weighted by atomic mass is 10.0. The van der Waals surface area contributed by atoms with E-state index >= 15 is 0 Å². The highest BCUT2D eigenvalue weighted by atomic mass is 35.5. The molecule has 2 saturated heterocycles. The van der Waals surface area contributed by atoms with Crippen LogP contribution in [0.2, 0.25) is 5.02 Å². The van der Waals surface area contributed by atoms with Gasteiger partial charge in [0.2, 0.25) is 11.8 Å². The van der Waals surface area contributed by atoms with Gasteiger partial charge in [-0.25, -0.2) is 4.79 Å². The van der Waals surface area contributed by atoms with Crippen molar-refractivity contribution in [1.82, 2.24) is 15.5 Å². The Morgan fingerprint density at radius 3 is 2.70 bits per heavy atom. The van der Waals surface area contributed by atoms with Crippen molar-refractivity contribution in [3.8, 4) is 5.75 Å². The molecule has 0 spiro atoms. The molecule has 9 heteroatoms. The van der Waals surface area contributed by atoms with Crippen LogP contribution >= 0.6 is 11.6 Å². The molecule has 4 amide bonds. The second-order valence-corrected chi connectivity index (χ2v) is 7.92. The third-order valence-corrected chi connectivity index (χ3v) is 5.53. The highest BCUT2D eigenvalue weighted by molar-refractivity contribution is 6.30. The molecule has 0 saturated carbocycles.